The number of aromatic nitrogens is 1. The monoisotopic (exact) mass is 342 g/mol. The lowest BCUT2D eigenvalue weighted by Gasteiger charge is -2.19. The van der Waals surface area contributed by atoms with Crippen LogP contribution in [0.2, 0.25) is 0 Å². The second-order valence-corrected chi connectivity index (χ2v) is 7.60. The first-order chi connectivity index (χ1) is 11.8. The Labute approximate surface area is 150 Å². The highest BCUT2D eigenvalue weighted by atomic mass is 16.5. The normalized spacial score (nSPS) is 12.5. The Hall–Kier alpha value is -2.30. The molecule has 1 aromatic heterocycles. The van der Waals surface area contributed by atoms with Crippen molar-refractivity contribution in [3.63, 3.8) is 0 Å². The summed E-state index contributed by atoms with van der Waals surface area (Å²) in [5, 5.41) is 10.6. The quantitative estimate of drug-likeness (QED) is 0.638. The van der Waals surface area contributed by atoms with Crippen LogP contribution in [0.5, 0.6) is 0 Å². The third kappa shape index (κ3) is 5.62. The van der Waals surface area contributed by atoms with Crippen LogP contribution in [-0.2, 0) is 18.5 Å². The molecule has 5 heteroatoms. The number of guanidine groups is 1. The van der Waals surface area contributed by atoms with Gasteiger partial charge in [0.1, 0.15) is 0 Å². The molecule has 0 bridgehead atoms. The second kappa shape index (κ2) is 8.19. The molecule has 1 aromatic carbocycles. The van der Waals surface area contributed by atoms with Crippen LogP contribution >= 0.6 is 0 Å². The molecule has 2 N–H and O–H groups in total. The number of benzene rings is 1. The summed E-state index contributed by atoms with van der Waals surface area (Å²) in [6.07, 6.45) is 0. The van der Waals surface area contributed by atoms with Gasteiger partial charge in [-0.3, -0.25) is 4.99 Å². The number of nitrogens with one attached hydrogen (secondary N) is 2. The van der Waals surface area contributed by atoms with Crippen molar-refractivity contribution in [3.05, 3.63) is 52.9 Å². The number of nitrogens with zero attached hydrogens (tertiary/aromatic N) is 2. The van der Waals surface area contributed by atoms with Gasteiger partial charge in [0.05, 0.1) is 12.2 Å². The first kappa shape index (κ1) is 19.0. The van der Waals surface area contributed by atoms with E-state index in [2.05, 4.69) is 79.7 Å². The number of hydrogen-bond acceptors (Lipinski definition) is 3. The molecule has 0 saturated heterocycles. The van der Waals surface area contributed by atoms with Crippen LogP contribution in [0.3, 0.4) is 0 Å². The van der Waals surface area contributed by atoms with E-state index in [1.54, 1.807) is 7.05 Å². The summed E-state index contributed by atoms with van der Waals surface area (Å²) in [6, 6.07) is 10.7. The maximum atomic E-state index is 5.33. The van der Waals surface area contributed by atoms with Crippen molar-refractivity contribution in [3.8, 4) is 0 Å². The van der Waals surface area contributed by atoms with Crippen molar-refractivity contribution in [1.29, 1.82) is 0 Å². The minimum atomic E-state index is 0.176. The smallest absolute Gasteiger partial charge is 0.191 e. The van der Waals surface area contributed by atoms with E-state index < -0.39 is 0 Å². The van der Waals surface area contributed by atoms with E-state index in [1.165, 1.54) is 11.1 Å². The Morgan fingerprint density at radius 3 is 2.28 bits per heavy atom. The second-order valence-electron chi connectivity index (χ2n) is 7.60. The number of aliphatic imine (C=N–C) groups is 1. The highest BCUT2D eigenvalue weighted by molar-refractivity contribution is 5.79. The van der Waals surface area contributed by atoms with E-state index in [-0.39, 0.29) is 5.41 Å². The third-order valence-electron chi connectivity index (χ3n) is 4.10. The fraction of sp³-hybridized carbons (Fsp3) is 0.500. The molecule has 25 heavy (non-hydrogen) atoms. The minimum absolute atomic E-state index is 0.176. The third-order valence-corrected chi connectivity index (χ3v) is 4.10. The lowest BCUT2D eigenvalue weighted by molar-refractivity contribution is 0.372. The summed E-state index contributed by atoms with van der Waals surface area (Å²) in [5.74, 6) is 1.91. The minimum Gasteiger partial charge on any atom is -0.359 e. The molecule has 136 valence electrons. The highest BCUT2D eigenvalue weighted by Gasteiger charge is 2.13. The summed E-state index contributed by atoms with van der Waals surface area (Å²) in [6.45, 7) is 12.1. The van der Waals surface area contributed by atoms with Crippen LogP contribution in [-0.4, -0.2) is 18.2 Å². The molecule has 0 saturated carbocycles. The first-order valence-electron chi connectivity index (χ1n) is 8.79. The van der Waals surface area contributed by atoms with Gasteiger partial charge in [-0.05, 0) is 22.5 Å². The van der Waals surface area contributed by atoms with E-state index in [0.29, 0.717) is 12.5 Å². The summed E-state index contributed by atoms with van der Waals surface area (Å²) >= 11 is 0. The molecule has 0 spiro atoms. The van der Waals surface area contributed by atoms with Gasteiger partial charge in [-0.1, -0.05) is 64.0 Å². The molecule has 0 aliphatic carbocycles. The number of hydrogen-bond donors (Lipinski definition) is 2. The average molecular weight is 342 g/mol. The molecule has 0 aliphatic rings. The zero-order chi connectivity index (χ0) is 18.4. The van der Waals surface area contributed by atoms with Gasteiger partial charge in [0.2, 0.25) is 0 Å². The lowest BCUT2D eigenvalue weighted by atomic mass is 9.87. The Kier molecular flexibility index (Phi) is 6.23. The molecule has 0 unspecified atom stereocenters. The summed E-state index contributed by atoms with van der Waals surface area (Å²) in [7, 11) is 1.76. The zero-order valence-electron chi connectivity index (χ0n) is 16.2. The average Bonchev–Trinajstić information content (AvgIpc) is 3.04. The van der Waals surface area contributed by atoms with Gasteiger partial charge in [0, 0.05) is 19.7 Å². The molecule has 5 nitrogen and oxygen atoms in total. The maximum absolute atomic E-state index is 5.33. The van der Waals surface area contributed by atoms with Crippen molar-refractivity contribution in [2.45, 2.75) is 59.0 Å². The Morgan fingerprint density at radius 1 is 1.12 bits per heavy atom. The molecule has 0 radical (unpaired) electrons. The maximum Gasteiger partial charge on any atom is 0.191 e. The van der Waals surface area contributed by atoms with Crippen LogP contribution in [0, 0.1) is 0 Å². The predicted octanol–water partition coefficient (Wildman–Crippen LogP) is 3.96. The summed E-state index contributed by atoms with van der Waals surface area (Å²) in [4.78, 5) is 4.25. The molecule has 2 aromatic rings. The van der Waals surface area contributed by atoms with Crippen molar-refractivity contribution >= 4 is 5.96 Å². The number of rotatable bonds is 5. The van der Waals surface area contributed by atoms with Crippen molar-refractivity contribution in [1.82, 2.24) is 15.8 Å². The molecular weight excluding hydrogens is 312 g/mol. The first-order valence-corrected chi connectivity index (χ1v) is 8.79. The SMILES string of the molecule is CN=C(NCc1ccc(C(C)(C)C)cc1)NCc1cc(C(C)C)no1. The van der Waals surface area contributed by atoms with E-state index in [9.17, 15) is 0 Å². The summed E-state index contributed by atoms with van der Waals surface area (Å²) < 4.78 is 5.33. The molecule has 0 atom stereocenters. The van der Waals surface area contributed by atoms with Crippen molar-refractivity contribution in [2.75, 3.05) is 7.05 Å². The van der Waals surface area contributed by atoms with E-state index in [4.69, 9.17) is 4.52 Å². The Balaban J connectivity index is 1.85. The Bertz CT molecular complexity index is 693. The van der Waals surface area contributed by atoms with Gasteiger partial charge in [0.25, 0.3) is 0 Å². The van der Waals surface area contributed by atoms with Crippen molar-refractivity contribution < 1.29 is 4.52 Å². The van der Waals surface area contributed by atoms with E-state index >= 15 is 0 Å². The predicted molar refractivity (Wildman–Crippen MR) is 103 cm³/mol. The summed E-state index contributed by atoms with van der Waals surface area (Å²) in [5.41, 5.74) is 3.71. The fourth-order valence-corrected chi connectivity index (χ4v) is 2.38. The molecule has 1 heterocycles. The molecular formula is C20H30N4O. The van der Waals surface area contributed by atoms with Crippen LogP contribution < -0.4 is 10.6 Å². The largest absolute Gasteiger partial charge is 0.359 e. The highest BCUT2D eigenvalue weighted by Crippen LogP contribution is 2.22. The van der Waals surface area contributed by atoms with Gasteiger partial charge < -0.3 is 15.2 Å². The van der Waals surface area contributed by atoms with Crippen LogP contribution in [0.25, 0.3) is 0 Å². The van der Waals surface area contributed by atoms with Gasteiger partial charge in [-0.2, -0.15) is 0 Å². The lowest BCUT2D eigenvalue weighted by Crippen LogP contribution is -2.36. The van der Waals surface area contributed by atoms with Crippen LogP contribution in [0.15, 0.2) is 39.8 Å². The van der Waals surface area contributed by atoms with Gasteiger partial charge in [0.15, 0.2) is 11.7 Å². The topological polar surface area (TPSA) is 62.5 Å². The van der Waals surface area contributed by atoms with Crippen molar-refractivity contribution in [2.24, 2.45) is 4.99 Å². The van der Waals surface area contributed by atoms with Crippen LogP contribution in [0.1, 0.15) is 63.1 Å². The Morgan fingerprint density at radius 2 is 1.76 bits per heavy atom. The standard InChI is InChI=1S/C20H30N4O/c1-14(2)18-11-17(25-24-18)13-23-19(21-6)22-12-15-7-9-16(10-8-15)20(3,4)5/h7-11,14H,12-13H2,1-6H3,(H2,21,22,23). The van der Waals surface area contributed by atoms with Gasteiger partial charge in [-0.15, -0.1) is 0 Å². The molecule has 2 rings (SSSR count). The molecule has 0 aliphatic heterocycles. The molecule has 0 amide bonds. The van der Waals surface area contributed by atoms with Crippen LogP contribution in [0.4, 0.5) is 0 Å². The fourth-order valence-electron chi connectivity index (χ4n) is 2.38. The molecule has 0 fully saturated rings. The van der Waals surface area contributed by atoms with Gasteiger partial charge in [-0.25, -0.2) is 0 Å². The zero-order valence-corrected chi connectivity index (χ0v) is 16.2. The van der Waals surface area contributed by atoms with E-state index in [1.807, 2.05) is 6.07 Å². The van der Waals surface area contributed by atoms with Gasteiger partial charge >= 0.3 is 0 Å². The van der Waals surface area contributed by atoms with E-state index in [0.717, 1.165) is 24.0 Å².